The minimum Gasteiger partial charge on any atom is -0.406 e. The third-order valence-corrected chi connectivity index (χ3v) is 7.33. The van der Waals surface area contributed by atoms with Crippen LogP contribution in [-0.4, -0.2) is 46.6 Å². The van der Waals surface area contributed by atoms with E-state index in [1.165, 1.54) is 0 Å². The summed E-state index contributed by atoms with van der Waals surface area (Å²) in [5, 5.41) is 17.0. The van der Waals surface area contributed by atoms with Crippen molar-refractivity contribution in [3.8, 4) is 5.75 Å². The van der Waals surface area contributed by atoms with Crippen LogP contribution in [0.1, 0.15) is 34.8 Å². The first kappa shape index (κ1) is 31.1. The van der Waals surface area contributed by atoms with E-state index in [2.05, 4.69) is 31.1 Å². The molecule has 1 aliphatic rings. The number of amides is 2. The quantitative estimate of drug-likeness (QED) is 0.162. The number of hydrogen-bond donors (Lipinski definition) is 3. The first-order chi connectivity index (χ1) is 19.9. The van der Waals surface area contributed by atoms with E-state index in [-0.39, 0.29) is 36.1 Å². The molecule has 0 saturated carbocycles. The van der Waals surface area contributed by atoms with Crippen LogP contribution in [0.2, 0.25) is 5.02 Å². The fourth-order valence-corrected chi connectivity index (χ4v) is 4.73. The highest BCUT2D eigenvalue weighted by Gasteiger charge is 2.40. The summed E-state index contributed by atoms with van der Waals surface area (Å²) in [4.78, 5) is 32.1. The lowest BCUT2D eigenvalue weighted by Gasteiger charge is -2.40. The molecule has 0 aliphatic carbocycles. The third-order valence-electron chi connectivity index (χ3n) is 6.34. The van der Waals surface area contributed by atoms with Crippen molar-refractivity contribution in [3.63, 3.8) is 0 Å². The molecule has 0 aromatic heterocycles. The van der Waals surface area contributed by atoms with E-state index in [0.717, 1.165) is 38.7 Å². The summed E-state index contributed by atoms with van der Waals surface area (Å²) in [7, 11) is 0. The summed E-state index contributed by atoms with van der Waals surface area (Å²) in [6.07, 6.45) is -6.46. The van der Waals surface area contributed by atoms with Crippen LogP contribution in [0.5, 0.6) is 5.75 Å². The number of hydrogen-bond acceptors (Lipinski definition) is 6. The fourth-order valence-electron chi connectivity index (χ4n) is 4.10. The van der Waals surface area contributed by atoms with Gasteiger partial charge in [-0.3, -0.25) is 9.59 Å². The number of oxime groups is 1. The third kappa shape index (κ3) is 8.14. The predicted molar refractivity (Wildman–Crippen MR) is 151 cm³/mol. The normalized spacial score (nSPS) is 15.9. The molecule has 1 saturated heterocycles. The number of halogens is 5. The molecule has 3 aromatic carbocycles. The topological polar surface area (TPSA) is 126 Å². The zero-order valence-corrected chi connectivity index (χ0v) is 24.1. The number of aliphatic hydroxyl groups is 1. The summed E-state index contributed by atoms with van der Waals surface area (Å²) in [5.41, 5.74) is 8.10. The number of nitrogens with one attached hydrogen (secondary N) is 1. The first-order valence-electron chi connectivity index (χ1n) is 12.5. The maximum Gasteiger partial charge on any atom is 0.573 e. The molecule has 0 spiro atoms. The number of ether oxygens (including phenoxy) is 1. The number of carbonyl (C=O) groups is 2. The molecule has 42 heavy (non-hydrogen) atoms. The van der Waals surface area contributed by atoms with Crippen molar-refractivity contribution < 1.29 is 37.4 Å². The molecule has 1 fully saturated rings. The molecule has 1 heterocycles. The van der Waals surface area contributed by atoms with Crippen LogP contribution in [0.4, 0.5) is 13.2 Å². The van der Waals surface area contributed by atoms with Crippen molar-refractivity contribution in [1.29, 1.82) is 0 Å². The van der Waals surface area contributed by atoms with Crippen LogP contribution in [-0.2, 0) is 27.6 Å². The van der Waals surface area contributed by atoms with Crippen LogP contribution < -0.4 is 15.8 Å². The van der Waals surface area contributed by atoms with Gasteiger partial charge in [0.15, 0.2) is 11.9 Å². The molecule has 14 heteroatoms. The van der Waals surface area contributed by atoms with E-state index < -0.39 is 36.1 Å². The number of amidine groups is 1. The Morgan fingerprint density at radius 3 is 2.52 bits per heavy atom. The first-order valence-corrected chi connectivity index (χ1v) is 13.7. The highest BCUT2D eigenvalue weighted by Crippen LogP contribution is 2.31. The van der Waals surface area contributed by atoms with Crippen LogP contribution in [0, 0.1) is 0 Å². The van der Waals surface area contributed by atoms with Crippen molar-refractivity contribution in [2.24, 2.45) is 10.9 Å². The van der Waals surface area contributed by atoms with Gasteiger partial charge in [-0.25, -0.2) is 0 Å². The molecule has 9 nitrogen and oxygen atoms in total. The van der Waals surface area contributed by atoms with E-state index in [0.29, 0.717) is 12.0 Å². The molecule has 2 atom stereocenters. The zero-order chi connectivity index (χ0) is 30.4. The smallest absolute Gasteiger partial charge is 0.406 e. The van der Waals surface area contributed by atoms with Crippen molar-refractivity contribution in [1.82, 2.24) is 10.2 Å². The Balaban J connectivity index is 1.29. The van der Waals surface area contributed by atoms with Gasteiger partial charge in [0.25, 0.3) is 5.91 Å². The average molecular weight is 670 g/mol. The lowest BCUT2D eigenvalue weighted by Crippen LogP contribution is -2.59. The molecule has 1 aliphatic heterocycles. The zero-order valence-electron chi connectivity index (χ0n) is 21.8. The number of rotatable bonds is 10. The van der Waals surface area contributed by atoms with E-state index >= 15 is 0 Å². The average Bonchev–Trinajstić information content (AvgIpc) is 2.90. The Kier molecular flexibility index (Phi) is 9.97. The second-order valence-corrected chi connectivity index (χ2v) is 10.6. The molecule has 2 unspecified atom stereocenters. The Morgan fingerprint density at radius 2 is 1.88 bits per heavy atom. The summed E-state index contributed by atoms with van der Waals surface area (Å²) in [5.74, 6) is -1.79. The molecular weight excluding hydrogens is 645 g/mol. The summed E-state index contributed by atoms with van der Waals surface area (Å²) in [6.45, 7) is 0.579. The molecule has 2 amide bonds. The van der Waals surface area contributed by atoms with Crippen LogP contribution in [0.3, 0.4) is 0 Å². The fraction of sp³-hybridized carbons (Fsp3) is 0.250. The summed E-state index contributed by atoms with van der Waals surface area (Å²) < 4.78 is 42.5. The lowest BCUT2D eigenvalue weighted by molar-refractivity contribution is -0.274. The van der Waals surface area contributed by atoms with Gasteiger partial charge in [-0.15, -0.1) is 13.2 Å². The monoisotopic (exact) mass is 668 g/mol. The van der Waals surface area contributed by atoms with Gasteiger partial charge >= 0.3 is 6.36 Å². The number of aliphatic hydroxyl groups excluding tert-OH is 1. The Morgan fingerprint density at radius 1 is 1.17 bits per heavy atom. The minimum absolute atomic E-state index is 0.155. The van der Waals surface area contributed by atoms with Gasteiger partial charge in [0.1, 0.15) is 18.4 Å². The molecule has 0 bridgehead atoms. The Bertz CT molecular complexity index is 1470. The highest BCUT2D eigenvalue weighted by molar-refractivity contribution is 9.10. The second-order valence-electron chi connectivity index (χ2n) is 9.26. The van der Waals surface area contributed by atoms with Gasteiger partial charge in [0.2, 0.25) is 5.91 Å². The number of alkyl halides is 3. The number of nitrogens with zero attached hydrogens (tertiary/aromatic N) is 2. The van der Waals surface area contributed by atoms with Crippen LogP contribution in [0.25, 0.3) is 0 Å². The van der Waals surface area contributed by atoms with Crippen LogP contribution >= 0.6 is 27.5 Å². The maximum absolute atomic E-state index is 12.9. The standard InChI is InChI=1S/C28H25BrClF3N4O5/c29-22-4-2-1-3-18(22)15-41-36-25(34)17-7-5-16(6-8-17)14-35-26(39)23-9-10-37(23)27(40)24(38)19-11-20(30)13-21(12-19)42-28(31,32)33/h1-8,11-13,23-24,38H,9-10,14-15H2,(H2,34,36)(H,35,39). The maximum atomic E-state index is 12.9. The van der Waals surface area contributed by atoms with Gasteiger partial charge in [-0.05, 0) is 41.8 Å². The van der Waals surface area contributed by atoms with Crippen molar-refractivity contribution >= 4 is 45.2 Å². The van der Waals surface area contributed by atoms with Gasteiger partial charge in [-0.1, -0.05) is 75.2 Å². The van der Waals surface area contributed by atoms with E-state index in [4.69, 9.17) is 22.2 Å². The summed E-state index contributed by atoms with van der Waals surface area (Å²) >= 11 is 9.28. The Hall–Kier alpha value is -3.81. The largest absolute Gasteiger partial charge is 0.573 e. The van der Waals surface area contributed by atoms with Gasteiger partial charge < -0.3 is 30.6 Å². The molecule has 4 rings (SSSR count). The lowest BCUT2D eigenvalue weighted by atomic mass is 9.98. The molecule has 222 valence electrons. The van der Waals surface area contributed by atoms with Gasteiger partial charge in [-0.2, -0.15) is 0 Å². The molecule has 4 N–H and O–H groups in total. The SMILES string of the molecule is N/C(=N/OCc1ccccc1Br)c1ccc(CNC(=O)C2CCN2C(=O)C(O)c2cc(Cl)cc(OC(F)(F)F)c2)cc1. The van der Waals surface area contributed by atoms with Crippen molar-refractivity contribution in [2.75, 3.05) is 6.54 Å². The van der Waals surface area contributed by atoms with E-state index in [1.54, 1.807) is 24.3 Å². The van der Waals surface area contributed by atoms with Gasteiger partial charge in [0, 0.05) is 33.7 Å². The molecular formula is C28H25BrClF3N4O5. The van der Waals surface area contributed by atoms with E-state index in [9.17, 15) is 27.9 Å². The highest BCUT2D eigenvalue weighted by atomic mass is 79.9. The van der Waals surface area contributed by atoms with Gasteiger partial charge in [0.05, 0.1) is 0 Å². The number of likely N-dealkylation sites (tertiary alicyclic amines) is 1. The number of nitrogens with two attached hydrogens (primary N) is 1. The minimum atomic E-state index is -4.98. The number of carbonyl (C=O) groups excluding carboxylic acids is 2. The molecule has 3 aromatic rings. The van der Waals surface area contributed by atoms with Crippen molar-refractivity contribution in [3.05, 3.63) is 98.5 Å². The van der Waals surface area contributed by atoms with E-state index in [1.807, 2.05) is 24.3 Å². The Labute approximate surface area is 252 Å². The predicted octanol–water partition coefficient (Wildman–Crippen LogP) is 4.79. The molecule has 0 radical (unpaired) electrons. The summed E-state index contributed by atoms with van der Waals surface area (Å²) in [6, 6.07) is 16.6. The van der Waals surface area contributed by atoms with Crippen LogP contribution in [0.15, 0.2) is 76.4 Å². The van der Waals surface area contributed by atoms with Crippen molar-refractivity contribution in [2.45, 2.75) is 38.1 Å². The second kappa shape index (κ2) is 13.4. The number of benzene rings is 3.